The number of halogens is 1. The van der Waals surface area contributed by atoms with Crippen LogP contribution >= 0.6 is 0 Å². The molecule has 3 N–H and O–H groups in total. The predicted molar refractivity (Wildman–Crippen MR) is 91.1 cm³/mol. The second-order valence-corrected chi connectivity index (χ2v) is 6.70. The molecule has 0 aliphatic carbocycles. The van der Waals surface area contributed by atoms with Gasteiger partial charge in [0.25, 0.3) is 5.91 Å². The molecule has 0 spiro atoms. The number of piperidine rings is 1. The summed E-state index contributed by atoms with van der Waals surface area (Å²) in [6.45, 7) is 6.78. The van der Waals surface area contributed by atoms with Crippen LogP contribution in [0.2, 0.25) is 0 Å². The maximum Gasteiger partial charge on any atom is 0.251 e. The summed E-state index contributed by atoms with van der Waals surface area (Å²) in [5.41, 5.74) is 0.336. The number of amides is 2. The van der Waals surface area contributed by atoms with Crippen LogP contribution in [0.3, 0.4) is 0 Å². The molecule has 1 fully saturated rings. The van der Waals surface area contributed by atoms with Crippen molar-refractivity contribution in [1.82, 2.24) is 16.0 Å². The highest BCUT2D eigenvalue weighted by molar-refractivity contribution is 5.97. The Bertz CT molecular complexity index is 574. The number of hydrogen-bond donors (Lipinski definition) is 3. The van der Waals surface area contributed by atoms with Crippen molar-refractivity contribution in [2.75, 3.05) is 6.54 Å². The van der Waals surface area contributed by atoms with E-state index in [2.05, 4.69) is 16.0 Å². The molecule has 0 bridgehead atoms. The van der Waals surface area contributed by atoms with Gasteiger partial charge >= 0.3 is 0 Å². The van der Waals surface area contributed by atoms with E-state index in [1.54, 1.807) is 0 Å². The number of nitrogens with one attached hydrogen (secondary N) is 3. The fraction of sp³-hybridized carbons (Fsp3) is 0.556. The molecule has 0 saturated carbocycles. The van der Waals surface area contributed by atoms with Gasteiger partial charge in [0, 0.05) is 17.6 Å². The first-order valence-electron chi connectivity index (χ1n) is 8.48. The topological polar surface area (TPSA) is 70.2 Å². The van der Waals surface area contributed by atoms with Crippen molar-refractivity contribution in [2.24, 2.45) is 5.92 Å². The molecule has 1 heterocycles. The third kappa shape index (κ3) is 4.77. The summed E-state index contributed by atoms with van der Waals surface area (Å²) in [5, 5.41) is 9.14. The van der Waals surface area contributed by atoms with Crippen molar-refractivity contribution >= 4 is 11.8 Å². The van der Waals surface area contributed by atoms with E-state index in [9.17, 15) is 14.0 Å². The lowest BCUT2D eigenvalue weighted by molar-refractivity contribution is -0.125. The average Bonchev–Trinajstić information content (AvgIpc) is 2.54. The summed E-state index contributed by atoms with van der Waals surface area (Å²) in [6, 6.07) is 4.93. The van der Waals surface area contributed by atoms with Gasteiger partial charge in [-0.05, 0) is 56.5 Å². The Hall–Kier alpha value is -1.95. The number of carbonyl (C=O) groups is 2. The molecule has 0 aromatic heterocycles. The molecule has 5 nitrogen and oxygen atoms in total. The minimum Gasteiger partial charge on any atom is -0.350 e. The molecular weight excluding hydrogens is 309 g/mol. The summed E-state index contributed by atoms with van der Waals surface area (Å²) >= 11 is 0. The fourth-order valence-corrected chi connectivity index (χ4v) is 2.87. The fourth-order valence-electron chi connectivity index (χ4n) is 2.87. The van der Waals surface area contributed by atoms with Crippen LogP contribution in [0.1, 0.15) is 44.0 Å². The Labute approximate surface area is 142 Å². The van der Waals surface area contributed by atoms with E-state index in [0.717, 1.165) is 19.4 Å². The Morgan fingerprint density at radius 3 is 2.50 bits per heavy atom. The van der Waals surface area contributed by atoms with Crippen molar-refractivity contribution in [2.45, 2.75) is 51.7 Å². The van der Waals surface area contributed by atoms with Crippen LogP contribution in [0.5, 0.6) is 0 Å². The normalized spacial score (nSPS) is 22.0. The Morgan fingerprint density at radius 1 is 1.25 bits per heavy atom. The summed E-state index contributed by atoms with van der Waals surface area (Å²) < 4.78 is 13.0. The Morgan fingerprint density at radius 2 is 1.92 bits per heavy atom. The first-order valence-corrected chi connectivity index (χ1v) is 8.48. The minimum absolute atomic E-state index is 0.0544. The summed E-state index contributed by atoms with van der Waals surface area (Å²) in [4.78, 5) is 24.9. The van der Waals surface area contributed by atoms with Crippen LogP contribution < -0.4 is 16.0 Å². The number of rotatable bonds is 5. The van der Waals surface area contributed by atoms with Gasteiger partial charge in [0.1, 0.15) is 11.9 Å². The molecule has 24 heavy (non-hydrogen) atoms. The highest BCUT2D eigenvalue weighted by atomic mass is 19.1. The molecule has 1 saturated heterocycles. The molecule has 132 valence electrons. The third-order valence-corrected chi connectivity index (χ3v) is 4.43. The zero-order valence-electron chi connectivity index (χ0n) is 14.4. The SMILES string of the molecule is CC(C)C(NC(=O)c1ccc(F)cc1)C(=O)NC1CCCNC1C. The molecule has 3 unspecified atom stereocenters. The summed E-state index contributed by atoms with van der Waals surface area (Å²) in [5.74, 6) is -1.01. The second-order valence-electron chi connectivity index (χ2n) is 6.70. The number of carbonyl (C=O) groups excluding carboxylic acids is 2. The Kier molecular flexibility index (Phi) is 6.31. The molecule has 2 amide bonds. The van der Waals surface area contributed by atoms with Gasteiger partial charge in [-0.3, -0.25) is 9.59 Å². The standard InChI is InChI=1S/C18H26FN3O2/c1-11(2)16(18(24)21-15-5-4-10-20-12(15)3)22-17(23)13-6-8-14(19)9-7-13/h6-9,11-12,15-16,20H,4-5,10H2,1-3H3,(H,21,24)(H,22,23). The van der Waals surface area contributed by atoms with Gasteiger partial charge in [0.05, 0.1) is 0 Å². The van der Waals surface area contributed by atoms with Gasteiger partial charge in [-0.1, -0.05) is 13.8 Å². The maximum atomic E-state index is 13.0. The first-order chi connectivity index (χ1) is 11.4. The van der Waals surface area contributed by atoms with Crippen LogP contribution in [-0.2, 0) is 4.79 Å². The molecular formula is C18H26FN3O2. The van der Waals surface area contributed by atoms with Crippen molar-refractivity contribution in [1.29, 1.82) is 0 Å². The van der Waals surface area contributed by atoms with Gasteiger partial charge in [-0.15, -0.1) is 0 Å². The van der Waals surface area contributed by atoms with Crippen molar-refractivity contribution in [3.8, 4) is 0 Å². The van der Waals surface area contributed by atoms with E-state index in [1.807, 2.05) is 20.8 Å². The molecule has 1 aliphatic heterocycles. The van der Waals surface area contributed by atoms with Crippen LogP contribution in [0, 0.1) is 11.7 Å². The van der Waals surface area contributed by atoms with Crippen LogP contribution in [0.4, 0.5) is 4.39 Å². The molecule has 6 heteroatoms. The molecule has 1 aromatic carbocycles. The highest BCUT2D eigenvalue weighted by Gasteiger charge is 2.29. The molecule has 1 aromatic rings. The van der Waals surface area contributed by atoms with Crippen LogP contribution in [-0.4, -0.2) is 36.5 Å². The van der Waals surface area contributed by atoms with Crippen molar-refractivity contribution in [3.63, 3.8) is 0 Å². The third-order valence-electron chi connectivity index (χ3n) is 4.43. The lowest BCUT2D eigenvalue weighted by Crippen LogP contribution is -2.57. The van der Waals surface area contributed by atoms with E-state index in [-0.39, 0.29) is 29.8 Å². The van der Waals surface area contributed by atoms with Gasteiger partial charge in [-0.25, -0.2) is 4.39 Å². The average molecular weight is 335 g/mol. The van der Waals surface area contributed by atoms with E-state index in [1.165, 1.54) is 24.3 Å². The van der Waals surface area contributed by atoms with Gasteiger partial charge in [0.15, 0.2) is 0 Å². The second kappa shape index (κ2) is 8.24. The maximum absolute atomic E-state index is 13.0. The van der Waals surface area contributed by atoms with Crippen molar-refractivity contribution in [3.05, 3.63) is 35.6 Å². The van der Waals surface area contributed by atoms with Crippen LogP contribution in [0.25, 0.3) is 0 Å². The lowest BCUT2D eigenvalue weighted by atomic mass is 9.97. The first kappa shape index (κ1) is 18.4. The zero-order valence-corrected chi connectivity index (χ0v) is 14.4. The number of hydrogen-bond acceptors (Lipinski definition) is 3. The minimum atomic E-state index is -0.628. The van der Waals surface area contributed by atoms with Crippen LogP contribution in [0.15, 0.2) is 24.3 Å². The predicted octanol–water partition coefficient (Wildman–Crippen LogP) is 1.84. The molecule has 2 rings (SSSR count). The largest absolute Gasteiger partial charge is 0.350 e. The molecule has 3 atom stereocenters. The van der Waals surface area contributed by atoms with Gasteiger partial charge < -0.3 is 16.0 Å². The molecule has 0 radical (unpaired) electrons. The van der Waals surface area contributed by atoms with Crippen molar-refractivity contribution < 1.29 is 14.0 Å². The van der Waals surface area contributed by atoms with Gasteiger partial charge in [0.2, 0.25) is 5.91 Å². The quantitative estimate of drug-likeness (QED) is 0.769. The van der Waals surface area contributed by atoms with Gasteiger partial charge in [-0.2, -0.15) is 0 Å². The zero-order chi connectivity index (χ0) is 17.7. The Balaban J connectivity index is 2.01. The van der Waals surface area contributed by atoms with E-state index < -0.39 is 11.9 Å². The smallest absolute Gasteiger partial charge is 0.251 e. The monoisotopic (exact) mass is 335 g/mol. The summed E-state index contributed by atoms with van der Waals surface area (Å²) in [7, 11) is 0. The van der Waals surface area contributed by atoms with E-state index >= 15 is 0 Å². The van der Waals surface area contributed by atoms with E-state index in [0.29, 0.717) is 5.56 Å². The van der Waals surface area contributed by atoms with E-state index in [4.69, 9.17) is 0 Å². The number of benzene rings is 1. The molecule has 1 aliphatic rings. The lowest BCUT2D eigenvalue weighted by Gasteiger charge is -2.32. The summed E-state index contributed by atoms with van der Waals surface area (Å²) in [6.07, 6.45) is 1.94. The highest BCUT2D eigenvalue weighted by Crippen LogP contribution is 2.11.